The molecule has 0 saturated carbocycles. The molecule has 0 radical (unpaired) electrons. The zero-order valence-electron chi connectivity index (χ0n) is 14.1. The van der Waals surface area contributed by atoms with Gasteiger partial charge >= 0.3 is 0 Å². The van der Waals surface area contributed by atoms with Gasteiger partial charge < -0.3 is 4.74 Å². The molecule has 0 fully saturated rings. The monoisotopic (exact) mass is 391 g/mol. The van der Waals surface area contributed by atoms with Crippen LogP contribution < -0.4 is 4.74 Å². The maximum absolute atomic E-state index is 13.8. The number of benzene rings is 2. The summed E-state index contributed by atoms with van der Waals surface area (Å²) in [5.74, 6) is -0.580. The van der Waals surface area contributed by atoms with Crippen molar-refractivity contribution >= 4 is 29.1 Å². The molecule has 8 heteroatoms. The first kappa shape index (κ1) is 18.4. The topological polar surface area (TPSA) is 57.0 Å². The Labute approximate surface area is 159 Å². The van der Waals surface area contributed by atoms with E-state index in [1.54, 1.807) is 10.9 Å². The fourth-order valence-electron chi connectivity index (χ4n) is 2.28. The molecule has 0 N–H and O–H groups in total. The van der Waals surface area contributed by atoms with Gasteiger partial charge in [0, 0.05) is 10.6 Å². The van der Waals surface area contributed by atoms with Gasteiger partial charge in [-0.3, -0.25) is 9.36 Å². The van der Waals surface area contributed by atoms with E-state index < -0.39 is 5.82 Å². The van der Waals surface area contributed by atoms with Gasteiger partial charge in [0.25, 0.3) is 0 Å². The number of methoxy groups -OCH3 is 1. The van der Waals surface area contributed by atoms with E-state index in [4.69, 9.17) is 16.3 Å². The van der Waals surface area contributed by atoms with E-state index in [9.17, 15) is 9.18 Å². The maximum Gasteiger partial charge on any atom is 0.196 e. The van der Waals surface area contributed by atoms with Crippen LogP contribution in [0, 0.1) is 12.7 Å². The summed E-state index contributed by atoms with van der Waals surface area (Å²) in [5.41, 5.74) is 2.05. The summed E-state index contributed by atoms with van der Waals surface area (Å²) in [6.07, 6.45) is 1.56. The van der Waals surface area contributed by atoms with Crippen molar-refractivity contribution in [3.8, 4) is 11.4 Å². The predicted molar refractivity (Wildman–Crippen MR) is 99.1 cm³/mol. The molecule has 0 unspecified atom stereocenters. The number of halogens is 2. The number of aromatic nitrogens is 3. The van der Waals surface area contributed by atoms with E-state index in [-0.39, 0.29) is 22.8 Å². The van der Waals surface area contributed by atoms with Gasteiger partial charge in [-0.2, -0.15) is 0 Å². The quantitative estimate of drug-likeness (QED) is 0.462. The van der Waals surface area contributed by atoms with Crippen LogP contribution >= 0.6 is 23.4 Å². The summed E-state index contributed by atoms with van der Waals surface area (Å²) >= 11 is 7.39. The first-order chi connectivity index (χ1) is 12.5. The van der Waals surface area contributed by atoms with E-state index in [0.717, 1.165) is 11.3 Å². The SMILES string of the molecule is COc1ccc(C(=O)CSc2nncn2-c2ccc(C)c(Cl)c2)cc1F. The molecule has 5 nitrogen and oxygen atoms in total. The predicted octanol–water partition coefficient (Wildman–Crippen LogP) is 4.35. The molecule has 0 spiro atoms. The Hall–Kier alpha value is -2.38. The second kappa shape index (κ2) is 7.88. The first-order valence-electron chi connectivity index (χ1n) is 7.65. The molecule has 1 aromatic heterocycles. The summed E-state index contributed by atoms with van der Waals surface area (Å²) in [5, 5.41) is 9.13. The molecule has 0 aliphatic carbocycles. The van der Waals surface area contributed by atoms with Crippen LogP contribution in [0.2, 0.25) is 5.02 Å². The lowest BCUT2D eigenvalue weighted by molar-refractivity contribution is 0.102. The molecule has 0 saturated heterocycles. The first-order valence-corrected chi connectivity index (χ1v) is 9.02. The van der Waals surface area contributed by atoms with Crippen molar-refractivity contribution in [2.75, 3.05) is 12.9 Å². The Morgan fingerprint density at radius 3 is 2.81 bits per heavy atom. The van der Waals surface area contributed by atoms with Crippen LogP contribution in [0.1, 0.15) is 15.9 Å². The Morgan fingerprint density at radius 1 is 1.31 bits per heavy atom. The molecular formula is C18H15ClFN3O2S. The second-order valence-corrected chi connectivity index (χ2v) is 6.83. The van der Waals surface area contributed by atoms with E-state index in [2.05, 4.69) is 10.2 Å². The highest BCUT2D eigenvalue weighted by Crippen LogP contribution is 2.25. The minimum atomic E-state index is -0.569. The molecule has 3 aromatic rings. The minimum absolute atomic E-state index is 0.101. The van der Waals surface area contributed by atoms with Gasteiger partial charge in [-0.15, -0.1) is 10.2 Å². The number of Topliss-reactive ketones (excluding diaryl/α,β-unsaturated/α-hetero) is 1. The zero-order valence-corrected chi connectivity index (χ0v) is 15.6. The van der Waals surface area contributed by atoms with Gasteiger partial charge in [0.2, 0.25) is 0 Å². The molecule has 0 amide bonds. The lowest BCUT2D eigenvalue weighted by Crippen LogP contribution is -2.05. The zero-order chi connectivity index (χ0) is 18.7. The summed E-state index contributed by atoms with van der Waals surface area (Å²) in [4.78, 5) is 12.3. The third-order valence-electron chi connectivity index (χ3n) is 3.76. The molecular weight excluding hydrogens is 377 g/mol. The Bertz CT molecular complexity index is 961. The average Bonchev–Trinajstić information content (AvgIpc) is 3.10. The Balaban J connectivity index is 1.74. The number of ketones is 1. The van der Waals surface area contributed by atoms with E-state index in [1.165, 1.54) is 37.1 Å². The van der Waals surface area contributed by atoms with Crippen molar-refractivity contribution in [1.29, 1.82) is 0 Å². The number of aryl methyl sites for hydroxylation is 1. The maximum atomic E-state index is 13.8. The highest BCUT2D eigenvalue weighted by atomic mass is 35.5. The van der Waals surface area contributed by atoms with Crippen molar-refractivity contribution in [3.05, 3.63) is 64.7 Å². The van der Waals surface area contributed by atoms with E-state index in [1.807, 2.05) is 25.1 Å². The molecule has 134 valence electrons. The fourth-order valence-corrected chi connectivity index (χ4v) is 3.28. The van der Waals surface area contributed by atoms with Gasteiger partial charge in [-0.25, -0.2) is 4.39 Å². The second-order valence-electron chi connectivity index (χ2n) is 5.48. The third-order valence-corrected chi connectivity index (χ3v) is 5.11. The van der Waals surface area contributed by atoms with Crippen LogP contribution in [-0.2, 0) is 0 Å². The van der Waals surface area contributed by atoms with Crippen LogP contribution in [0.15, 0.2) is 47.9 Å². The molecule has 0 aliphatic heterocycles. The number of rotatable bonds is 6. The van der Waals surface area contributed by atoms with Gasteiger partial charge in [0.15, 0.2) is 22.5 Å². The smallest absolute Gasteiger partial charge is 0.196 e. The van der Waals surface area contributed by atoms with E-state index in [0.29, 0.717) is 10.2 Å². The molecule has 0 aliphatic rings. The summed E-state index contributed by atoms with van der Waals surface area (Å²) in [6.45, 7) is 1.92. The fraction of sp³-hybridized carbons (Fsp3) is 0.167. The van der Waals surface area contributed by atoms with Gasteiger partial charge in [0.1, 0.15) is 6.33 Å². The Morgan fingerprint density at radius 2 is 2.12 bits per heavy atom. The van der Waals surface area contributed by atoms with Gasteiger partial charge in [-0.1, -0.05) is 29.4 Å². The molecule has 1 heterocycles. The van der Waals surface area contributed by atoms with Crippen molar-refractivity contribution in [1.82, 2.24) is 14.8 Å². The van der Waals surface area contributed by atoms with Crippen LogP contribution in [-0.4, -0.2) is 33.4 Å². The number of ether oxygens (including phenoxy) is 1. The van der Waals surface area contributed by atoms with Crippen molar-refractivity contribution in [3.63, 3.8) is 0 Å². The van der Waals surface area contributed by atoms with Crippen molar-refractivity contribution in [2.45, 2.75) is 12.1 Å². The molecule has 3 rings (SSSR count). The number of carbonyl (C=O) groups excluding carboxylic acids is 1. The Kier molecular flexibility index (Phi) is 5.58. The number of nitrogens with zero attached hydrogens (tertiary/aromatic N) is 3. The number of thioether (sulfide) groups is 1. The molecule has 26 heavy (non-hydrogen) atoms. The van der Waals surface area contributed by atoms with Gasteiger partial charge in [0.05, 0.1) is 18.6 Å². The van der Waals surface area contributed by atoms with Crippen LogP contribution in [0.3, 0.4) is 0 Å². The molecule has 0 atom stereocenters. The molecule has 0 bridgehead atoms. The average molecular weight is 392 g/mol. The summed E-state index contributed by atoms with van der Waals surface area (Å²) < 4.78 is 20.4. The van der Waals surface area contributed by atoms with E-state index >= 15 is 0 Å². The standard InChI is InChI=1S/C18H15ClFN3O2S/c1-11-3-5-13(8-14(11)19)23-10-21-22-18(23)26-9-16(24)12-4-6-17(25-2)15(20)7-12/h3-8,10H,9H2,1-2H3. The third kappa shape index (κ3) is 3.89. The van der Waals surface area contributed by atoms with Gasteiger partial charge in [-0.05, 0) is 42.8 Å². The van der Waals surface area contributed by atoms with Crippen LogP contribution in [0.4, 0.5) is 4.39 Å². The highest BCUT2D eigenvalue weighted by Gasteiger charge is 2.14. The number of hydrogen-bond donors (Lipinski definition) is 0. The number of carbonyl (C=O) groups is 1. The molecule has 2 aromatic carbocycles. The lowest BCUT2D eigenvalue weighted by atomic mass is 10.1. The van der Waals surface area contributed by atoms with Crippen molar-refractivity contribution < 1.29 is 13.9 Å². The summed E-state index contributed by atoms with van der Waals surface area (Å²) in [6, 6.07) is 9.75. The summed E-state index contributed by atoms with van der Waals surface area (Å²) in [7, 11) is 1.37. The largest absolute Gasteiger partial charge is 0.494 e. The van der Waals surface area contributed by atoms with Crippen LogP contribution in [0.25, 0.3) is 5.69 Å². The number of hydrogen-bond acceptors (Lipinski definition) is 5. The highest BCUT2D eigenvalue weighted by molar-refractivity contribution is 7.99. The minimum Gasteiger partial charge on any atom is -0.494 e. The van der Waals surface area contributed by atoms with Crippen LogP contribution in [0.5, 0.6) is 5.75 Å². The lowest BCUT2D eigenvalue weighted by Gasteiger charge is -2.08. The van der Waals surface area contributed by atoms with Crippen molar-refractivity contribution in [2.24, 2.45) is 0 Å². The normalized spacial score (nSPS) is 10.8.